The number of halogens is 1. The first-order valence-corrected chi connectivity index (χ1v) is 6.37. The Morgan fingerprint density at radius 1 is 1.24 bits per heavy atom. The van der Waals surface area contributed by atoms with Crippen LogP contribution in [0.5, 0.6) is 0 Å². The zero-order chi connectivity index (χ0) is 15.2. The molecule has 1 amide bonds. The number of hydrogen-bond acceptors (Lipinski definition) is 5. The summed E-state index contributed by atoms with van der Waals surface area (Å²) in [6.07, 6.45) is -0.565. The summed E-state index contributed by atoms with van der Waals surface area (Å²) in [6, 6.07) is 9.40. The highest BCUT2D eigenvalue weighted by Gasteiger charge is 2.08. The number of carbonyl (C=O) groups excluding carboxylic acids is 1. The summed E-state index contributed by atoms with van der Waals surface area (Å²) in [4.78, 5) is 11.3. The molecule has 1 aromatic carbocycles. The summed E-state index contributed by atoms with van der Waals surface area (Å²) in [6.45, 7) is 2.01. The van der Waals surface area contributed by atoms with Crippen molar-refractivity contribution in [3.63, 3.8) is 0 Å². The lowest BCUT2D eigenvalue weighted by molar-refractivity contribution is 0.151. The Hall–Kier alpha value is -2.70. The molecule has 0 fully saturated rings. The van der Waals surface area contributed by atoms with Crippen LogP contribution in [0.2, 0.25) is 0 Å². The van der Waals surface area contributed by atoms with Crippen LogP contribution in [-0.4, -0.2) is 29.9 Å². The Morgan fingerprint density at radius 2 is 1.95 bits per heavy atom. The number of rotatable bonds is 4. The fraction of sp³-hybridized carbons (Fsp3) is 0.214. The maximum atomic E-state index is 12.9. The van der Waals surface area contributed by atoms with E-state index >= 15 is 0 Å². The summed E-state index contributed by atoms with van der Waals surface area (Å²) >= 11 is 0. The highest BCUT2D eigenvalue weighted by atomic mass is 19.1. The third-order valence-corrected chi connectivity index (χ3v) is 2.67. The van der Waals surface area contributed by atoms with Gasteiger partial charge in [0.2, 0.25) is 0 Å². The molecule has 0 radical (unpaired) electrons. The molecule has 1 aromatic heterocycles. The molecule has 7 heteroatoms. The Morgan fingerprint density at radius 3 is 2.52 bits per heavy atom. The van der Waals surface area contributed by atoms with E-state index in [2.05, 4.69) is 15.6 Å². The van der Waals surface area contributed by atoms with E-state index < -0.39 is 6.09 Å². The van der Waals surface area contributed by atoms with Crippen LogP contribution in [0, 0.1) is 5.82 Å². The lowest BCUT2D eigenvalue weighted by atomic mass is 10.1. The molecule has 21 heavy (non-hydrogen) atoms. The van der Waals surface area contributed by atoms with Crippen molar-refractivity contribution in [3.8, 4) is 11.3 Å². The minimum absolute atomic E-state index is 0.287. The zero-order valence-corrected chi connectivity index (χ0v) is 11.7. The number of ether oxygens (including phenoxy) is 1. The van der Waals surface area contributed by atoms with Crippen LogP contribution in [0.4, 0.5) is 15.0 Å². The van der Waals surface area contributed by atoms with E-state index in [1.165, 1.54) is 17.1 Å². The van der Waals surface area contributed by atoms with Gasteiger partial charge in [0.25, 0.3) is 0 Å². The molecule has 0 aliphatic carbocycles. The highest BCUT2D eigenvalue weighted by Crippen LogP contribution is 2.18. The molecule has 110 valence electrons. The van der Waals surface area contributed by atoms with Crippen molar-refractivity contribution in [2.75, 3.05) is 18.7 Å². The molecule has 0 spiro atoms. The molecule has 0 saturated heterocycles. The van der Waals surface area contributed by atoms with Crippen LogP contribution >= 0.6 is 0 Å². The van der Waals surface area contributed by atoms with Crippen molar-refractivity contribution in [2.45, 2.75) is 6.92 Å². The van der Waals surface area contributed by atoms with E-state index in [-0.39, 0.29) is 12.4 Å². The Labute approximate surface area is 121 Å². The van der Waals surface area contributed by atoms with Crippen molar-refractivity contribution in [1.82, 2.24) is 15.6 Å². The van der Waals surface area contributed by atoms with Gasteiger partial charge in [-0.1, -0.05) is 0 Å². The minimum Gasteiger partial charge on any atom is -0.449 e. The summed E-state index contributed by atoms with van der Waals surface area (Å²) in [5.74, 6) is 0.149. The van der Waals surface area contributed by atoms with Crippen LogP contribution in [0.1, 0.15) is 6.92 Å². The number of benzene rings is 1. The first-order chi connectivity index (χ1) is 10.1. The summed E-state index contributed by atoms with van der Waals surface area (Å²) < 4.78 is 17.6. The number of anilines is 1. The summed E-state index contributed by atoms with van der Waals surface area (Å²) in [7, 11) is 1.62. The lowest BCUT2D eigenvalue weighted by Gasteiger charge is -2.18. The lowest BCUT2D eigenvalue weighted by Crippen LogP contribution is -2.40. The van der Waals surface area contributed by atoms with Gasteiger partial charge in [0.05, 0.1) is 12.3 Å². The van der Waals surface area contributed by atoms with E-state index in [1.807, 2.05) is 0 Å². The van der Waals surface area contributed by atoms with Crippen molar-refractivity contribution in [3.05, 3.63) is 42.2 Å². The molecule has 0 atom stereocenters. The van der Waals surface area contributed by atoms with Gasteiger partial charge in [0.1, 0.15) is 5.82 Å². The molecule has 6 nitrogen and oxygen atoms in total. The predicted molar refractivity (Wildman–Crippen MR) is 76.0 cm³/mol. The van der Waals surface area contributed by atoms with Gasteiger partial charge in [0, 0.05) is 12.6 Å². The Balaban J connectivity index is 2.08. The van der Waals surface area contributed by atoms with Crippen LogP contribution in [0.25, 0.3) is 11.3 Å². The van der Waals surface area contributed by atoms with E-state index in [9.17, 15) is 9.18 Å². The first kappa shape index (κ1) is 14.7. The molecule has 1 heterocycles. The SMILES string of the molecule is CCOC(=O)NN(C)c1ccc(-c2ccc(F)cc2)nn1. The number of hydrogen-bond donors (Lipinski definition) is 1. The molecular formula is C14H15FN4O2. The van der Waals surface area contributed by atoms with Gasteiger partial charge >= 0.3 is 6.09 Å². The van der Waals surface area contributed by atoms with Crippen LogP contribution in [0.15, 0.2) is 36.4 Å². The molecule has 0 aliphatic rings. The van der Waals surface area contributed by atoms with E-state index in [1.54, 1.807) is 38.2 Å². The molecule has 1 N–H and O–H groups in total. The molecule has 0 saturated carbocycles. The number of hydrazine groups is 1. The molecule has 0 unspecified atom stereocenters. The smallest absolute Gasteiger partial charge is 0.426 e. The van der Waals surface area contributed by atoms with Crippen LogP contribution in [0.3, 0.4) is 0 Å². The van der Waals surface area contributed by atoms with Crippen LogP contribution < -0.4 is 10.4 Å². The maximum absolute atomic E-state index is 12.9. The van der Waals surface area contributed by atoms with Gasteiger partial charge in [-0.25, -0.2) is 14.6 Å². The molecule has 2 aromatic rings. The van der Waals surface area contributed by atoms with E-state index in [0.29, 0.717) is 11.5 Å². The number of amides is 1. The third-order valence-electron chi connectivity index (χ3n) is 2.67. The fourth-order valence-electron chi connectivity index (χ4n) is 1.64. The normalized spacial score (nSPS) is 10.0. The second kappa shape index (κ2) is 6.65. The summed E-state index contributed by atoms with van der Waals surface area (Å²) in [5.41, 5.74) is 3.86. The average molecular weight is 290 g/mol. The van der Waals surface area contributed by atoms with E-state index in [4.69, 9.17) is 4.74 Å². The first-order valence-electron chi connectivity index (χ1n) is 6.37. The number of nitrogens with one attached hydrogen (secondary N) is 1. The van der Waals surface area contributed by atoms with Crippen LogP contribution in [-0.2, 0) is 4.74 Å². The monoisotopic (exact) mass is 290 g/mol. The van der Waals surface area contributed by atoms with Crippen molar-refractivity contribution < 1.29 is 13.9 Å². The van der Waals surface area contributed by atoms with Crippen molar-refractivity contribution in [1.29, 1.82) is 0 Å². The fourth-order valence-corrected chi connectivity index (χ4v) is 1.64. The molecule has 2 rings (SSSR count). The van der Waals surface area contributed by atoms with Crippen molar-refractivity contribution >= 4 is 11.9 Å². The molecular weight excluding hydrogens is 275 g/mol. The largest absolute Gasteiger partial charge is 0.449 e. The topological polar surface area (TPSA) is 67.3 Å². The number of aromatic nitrogens is 2. The van der Waals surface area contributed by atoms with Gasteiger partial charge in [-0.2, -0.15) is 0 Å². The Bertz CT molecular complexity index is 601. The number of nitrogens with zero attached hydrogens (tertiary/aromatic N) is 3. The number of carbonyl (C=O) groups is 1. The quantitative estimate of drug-likeness (QED) is 0.876. The molecule has 0 bridgehead atoms. The average Bonchev–Trinajstić information content (AvgIpc) is 2.48. The standard InChI is InChI=1S/C14H15FN4O2/c1-3-21-14(20)18-19(2)13-9-8-12(16-17-13)10-4-6-11(15)7-5-10/h4-9H,3H2,1-2H3,(H,18,20). The van der Waals surface area contributed by atoms with Crippen molar-refractivity contribution in [2.24, 2.45) is 0 Å². The summed E-state index contributed by atoms with van der Waals surface area (Å²) in [5, 5.41) is 9.45. The van der Waals surface area contributed by atoms with Gasteiger partial charge < -0.3 is 4.74 Å². The van der Waals surface area contributed by atoms with E-state index in [0.717, 1.165) is 5.56 Å². The maximum Gasteiger partial charge on any atom is 0.426 e. The molecule has 0 aliphatic heterocycles. The third kappa shape index (κ3) is 3.88. The second-order valence-corrected chi connectivity index (χ2v) is 4.17. The Kier molecular flexibility index (Phi) is 4.65. The highest BCUT2D eigenvalue weighted by molar-refractivity contribution is 5.69. The zero-order valence-electron chi connectivity index (χ0n) is 11.7. The predicted octanol–water partition coefficient (Wildman–Crippen LogP) is 2.38. The van der Waals surface area contributed by atoms with Gasteiger partial charge in [0.15, 0.2) is 5.82 Å². The van der Waals surface area contributed by atoms with Gasteiger partial charge in [-0.05, 0) is 43.3 Å². The second-order valence-electron chi connectivity index (χ2n) is 4.17. The van der Waals surface area contributed by atoms with Gasteiger partial charge in [-0.3, -0.25) is 5.01 Å². The minimum atomic E-state index is -0.565. The van der Waals surface area contributed by atoms with Gasteiger partial charge in [-0.15, -0.1) is 10.2 Å².